The van der Waals surface area contributed by atoms with Crippen molar-refractivity contribution in [3.63, 3.8) is 0 Å². The molecule has 0 aliphatic carbocycles. The molecule has 0 heterocycles. The number of aliphatic hydroxyl groups excluding tert-OH is 2. The van der Waals surface area contributed by atoms with Crippen molar-refractivity contribution in [2.75, 3.05) is 13.2 Å². The number of hydrogen-bond acceptors (Lipinski definition) is 5. The molecule has 0 rings (SSSR count). The van der Waals surface area contributed by atoms with Gasteiger partial charge in [-0.05, 0) is 83.5 Å². The molecule has 0 spiro atoms. The Hall–Kier alpha value is -2.44. The molecule has 0 radical (unpaired) electrons. The van der Waals surface area contributed by atoms with Gasteiger partial charge in [0.1, 0.15) is 0 Å². The zero-order valence-electron chi connectivity index (χ0n) is 40.8. The minimum atomic E-state index is -0.880. The van der Waals surface area contributed by atoms with Gasteiger partial charge in [-0.1, -0.05) is 222 Å². The van der Waals surface area contributed by atoms with E-state index in [4.69, 9.17) is 4.74 Å². The second-order valence-corrected chi connectivity index (χ2v) is 17.8. The van der Waals surface area contributed by atoms with Gasteiger partial charge in [0, 0.05) is 12.8 Å². The molecule has 6 heteroatoms. The summed E-state index contributed by atoms with van der Waals surface area (Å²) in [5, 5.41) is 22.9. The molecule has 0 aliphatic rings. The van der Waals surface area contributed by atoms with E-state index in [1.165, 1.54) is 167 Å². The number of nitrogens with one attached hydrogen (secondary N) is 1. The normalized spacial score (nSPS) is 13.2. The molecule has 360 valence electrons. The van der Waals surface area contributed by atoms with Crippen LogP contribution >= 0.6 is 0 Å². The van der Waals surface area contributed by atoms with Crippen molar-refractivity contribution in [2.45, 2.75) is 270 Å². The van der Waals surface area contributed by atoms with E-state index in [2.05, 4.69) is 61.7 Å². The lowest BCUT2D eigenvalue weighted by Crippen LogP contribution is -2.45. The molecular weight excluding hydrogens is 767 g/mol. The van der Waals surface area contributed by atoms with Gasteiger partial charge in [0.2, 0.25) is 5.91 Å². The van der Waals surface area contributed by atoms with Crippen LogP contribution in [0.4, 0.5) is 0 Å². The molecule has 0 bridgehead atoms. The lowest BCUT2D eigenvalue weighted by molar-refractivity contribution is -0.143. The molecule has 0 aromatic carbocycles. The molecule has 0 saturated heterocycles. The zero-order valence-corrected chi connectivity index (χ0v) is 40.8. The van der Waals surface area contributed by atoms with Crippen molar-refractivity contribution in [3.8, 4) is 0 Å². The first-order valence-electron chi connectivity index (χ1n) is 26.6. The SMILES string of the molecule is CCCCC/C=C\C/C=C\CCCCCCCCCCCC(=O)OCCCCCCCC/C=C\C/C=C\CCC(=O)NC(CO)C(O)/C=C/CCCCCCCCCCCCC. The first kappa shape index (κ1) is 59.6. The Bertz CT molecular complexity index is 1090. The van der Waals surface area contributed by atoms with E-state index in [1.54, 1.807) is 6.08 Å². The predicted molar refractivity (Wildman–Crippen MR) is 268 cm³/mol. The monoisotopic (exact) mass is 868 g/mol. The predicted octanol–water partition coefficient (Wildman–Crippen LogP) is 16.0. The molecule has 3 N–H and O–H groups in total. The summed E-state index contributed by atoms with van der Waals surface area (Å²) in [5.41, 5.74) is 0. The fourth-order valence-electron chi connectivity index (χ4n) is 7.65. The number of allylic oxidation sites excluding steroid dienone is 9. The number of hydrogen-bond donors (Lipinski definition) is 3. The molecular formula is C56H101NO5. The Labute approximate surface area is 384 Å². The molecule has 0 aromatic rings. The molecule has 0 fully saturated rings. The average Bonchev–Trinajstić information content (AvgIpc) is 3.27. The standard InChI is InChI=1S/C56H101NO5/c1-3-5-7-9-11-13-15-17-18-19-20-21-22-26-30-34-38-42-46-50-56(61)62-51-47-43-39-35-31-27-23-25-29-33-37-41-45-49-55(60)57-53(52-58)54(59)48-44-40-36-32-28-24-16-14-12-10-8-6-4-2/h11,13,17-18,25,29,37,41,44,48,53-54,58-59H,3-10,12,14-16,19-24,26-28,30-36,38-40,42-43,45-47,49-52H2,1-2H3,(H,57,60)/b13-11-,18-17-,29-25-,41-37-,48-44+. The van der Waals surface area contributed by atoms with Gasteiger partial charge < -0.3 is 20.3 Å². The van der Waals surface area contributed by atoms with Crippen LogP contribution in [0, 0.1) is 0 Å². The molecule has 1 amide bonds. The van der Waals surface area contributed by atoms with E-state index < -0.39 is 12.1 Å². The molecule has 2 unspecified atom stereocenters. The van der Waals surface area contributed by atoms with Crippen molar-refractivity contribution >= 4 is 11.9 Å². The van der Waals surface area contributed by atoms with Crippen molar-refractivity contribution in [3.05, 3.63) is 60.8 Å². The van der Waals surface area contributed by atoms with Crippen LogP contribution in [-0.2, 0) is 14.3 Å². The van der Waals surface area contributed by atoms with Crippen LogP contribution < -0.4 is 5.32 Å². The Morgan fingerprint density at radius 2 is 0.823 bits per heavy atom. The third-order valence-electron chi connectivity index (χ3n) is 11.8. The van der Waals surface area contributed by atoms with E-state index in [0.717, 1.165) is 57.8 Å². The van der Waals surface area contributed by atoms with Crippen molar-refractivity contribution in [1.29, 1.82) is 0 Å². The minimum Gasteiger partial charge on any atom is -0.466 e. The lowest BCUT2D eigenvalue weighted by Gasteiger charge is -2.19. The van der Waals surface area contributed by atoms with Crippen LogP contribution in [0.3, 0.4) is 0 Å². The molecule has 0 aromatic heterocycles. The van der Waals surface area contributed by atoms with E-state index in [0.29, 0.717) is 25.9 Å². The smallest absolute Gasteiger partial charge is 0.305 e. The number of unbranched alkanes of at least 4 members (excludes halogenated alkanes) is 29. The number of carbonyl (C=O) groups excluding carboxylic acids is 2. The van der Waals surface area contributed by atoms with Gasteiger partial charge in [-0.25, -0.2) is 0 Å². The second-order valence-electron chi connectivity index (χ2n) is 17.8. The highest BCUT2D eigenvalue weighted by Crippen LogP contribution is 2.14. The van der Waals surface area contributed by atoms with E-state index in [9.17, 15) is 19.8 Å². The molecule has 62 heavy (non-hydrogen) atoms. The quantitative estimate of drug-likeness (QED) is 0.0322. The third kappa shape index (κ3) is 47.0. The summed E-state index contributed by atoms with van der Waals surface area (Å²) >= 11 is 0. The van der Waals surface area contributed by atoms with Crippen LogP contribution in [0.15, 0.2) is 60.8 Å². The zero-order chi connectivity index (χ0) is 45.1. The summed E-state index contributed by atoms with van der Waals surface area (Å²) in [6.07, 6.45) is 65.2. The number of amides is 1. The maximum absolute atomic E-state index is 12.4. The van der Waals surface area contributed by atoms with Crippen LogP contribution in [-0.4, -0.2) is 47.4 Å². The molecule has 0 aliphatic heterocycles. The lowest BCUT2D eigenvalue weighted by atomic mass is 10.0. The number of aliphatic hydroxyl groups is 2. The molecule has 6 nitrogen and oxygen atoms in total. The Balaban J connectivity index is 3.56. The maximum atomic E-state index is 12.4. The third-order valence-corrected chi connectivity index (χ3v) is 11.8. The largest absolute Gasteiger partial charge is 0.466 e. The summed E-state index contributed by atoms with van der Waals surface area (Å²) in [4.78, 5) is 24.4. The molecule has 2 atom stereocenters. The number of ether oxygens (including phenoxy) is 1. The maximum Gasteiger partial charge on any atom is 0.305 e. The van der Waals surface area contributed by atoms with Crippen LogP contribution in [0.2, 0.25) is 0 Å². The summed E-state index contributed by atoms with van der Waals surface area (Å²) in [5.74, 6) is -0.174. The first-order chi connectivity index (χ1) is 30.5. The van der Waals surface area contributed by atoms with Gasteiger partial charge >= 0.3 is 5.97 Å². The summed E-state index contributed by atoms with van der Waals surface area (Å²) in [6, 6.07) is -0.672. The van der Waals surface area contributed by atoms with E-state index in [1.807, 2.05) is 12.2 Å². The van der Waals surface area contributed by atoms with Crippen molar-refractivity contribution in [1.82, 2.24) is 5.32 Å². The Morgan fingerprint density at radius 1 is 0.452 bits per heavy atom. The highest BCUT2D eigenvalue weighted by atomic mass is 16.5. The Morgan fingerprint density at radius 3 is 1.29 bits per heavy atom. The van der Waals surface area contributed by atoms with Gasteiger partial charge in [-0.2, -0.15) is 0 Å². The van der Waals surface area contributed by atoms with Gasteiger partial charge in [-0.3, -0.25) is 9.59 Å². The van der Waals surface area contributed by atoms with Crippen molar-refractivity contribution in [2.24, 2.45) is 0 Å². The second kappa shape index (κ2) is 51.2. The Kier molecular flexibility index (Phi) is 49.2. The van der Waals surface area contributed by atoms with Gasteiger partial charge in [0.05, 0.1) is 25.4 Å². The summed E-state index contributed by atoms with van der Waals surface area (Å²) in [7, 11) is 0. The topological polar surface area (TPSA) is 95.9 Å². The number of rotatable bonds is 48. The van der Waals surface area contributed by atoms with Crippen LogP contribution in [0.25, 0.3) is 0 Å². The fraction of sp³-hybridized carbons (Fsp3) is 0.786. The number of esters is 1. The van der Waals surface area contributed by atoms with Crippen LogP contribution in [0.5, 0.6) is 0 Å². The van der Waals surface area contributed by atoms with Gasteiger partial charge in [0.25, 0.3) is 0 Å². The van der Waals surface area contributed by atoms with Crippen molar-refractivity contribution < 1.29 is 24.5 Å². The summed E-state index contributed by atoms with van der Waals surface area (Å²) < 4.78 is 5.46. The van der Waals surface area contributed by atoms with Gasteiger partial charge in [0.15, 0.2) is 0 Å². The summed E-state index contributed by atoms with van der Waals surface area (Å²) in [6.45, 7) is 4.79. The van der Waals surface area contributed by atoms with Crippen LogP contribution in [0.1, 0.15) is 258 Å². The van der Waals surface area contributed by atoms with Gasteiger partial charge in [-0.15, -0.1) is 0 Å². The number of carbonyl (C=O) groups is 2. The fourth-order valence-corrected chi connectivity index (χ4v) is 7.65. The highest BCUT2D eigenvalue weighted by Gasteiger charge is 2.17. The highest BCUT2D eigenvalue weighted by molar-refractivity contribution is 5.76. The van der Waals surface area contributed by atoms with E-state index in [-0.39, 0.29) is 18.5 Å². The first-order valence-corrected chi connectivity index (χ1v) is 26.6. The average molecular weight is 868 g/mol. The minimum absolute atomic E-state index is 0.0234. The molecule has 0 saturated carbocycles. The van der Waals surface area contributed by atoms with E-state index >= 15 is 0 Å².